The van der Waals surface area contributed by atoms with E-state index in [2.05, 4.69) is 4.90 Å². The predicted molar refractivity (Wildman–Crippen MR) is 46.3 cm³/mol. The van der Waals surface area contributed by atoms with E-state index in [1.54, 1.807) is 0 Å². The van der Waals surface area contributed by atoms with Crippen LogP contribution in [0.1, 0.15) is 19.3 Å². The number of aliphatic hydroxyl groups is 1. The van der Waals surface area contributed by atoms with Gasteiger partial charge in [-0.25, -0.2) is 0 Å². The van der Waals surface area contributed by atoms with Crippen LogP contribution in [0.25, 0.3) is 0 Å². The molecule has 4 atom stereocenters. The Kier molecular flexibility index (Phi) is 2.04. The molecule has 0 amide bonds. The van der Waals surface area contributed by atoms with E-state index in [0.717, 1.165) is 12.8 Å². The zero-order valence-electron chi connectivity index (χ0n) is 7.68. The minimum Gasteiger partial charge on any atom is -0.481 e. The van der Waals surface area contributed by atoms with Crippen LogP contribution in [-0.4, -0.2) is 46.3 Å². The van der Waals surface area contributed by atoms with Crippen LogP contribution in [-0.2, 0) is 4.79 Å². The van der Waals surface area contributed by atoms with Gasteiger partial charge in [0.1, 0.15) is 0 Å². The third-order valence-electron chi connectivity index (χ3n) is 3.52. The number of carboxylic acids is 1. The Labute approximate surface area is 77.2 Å². The summed E-state index contributed by atoms with van der Waals surface area (Å²) in [4.78, 5) is 13.0. The molecule has 2 aliphatic heterocycles. The molecule has 2 N–H and O–H groups in total. The van der Waals surface area contributed by atoms with Crippen LogP contribution in [0.15, 0.2) is 0 Å². The maximum atomic E-state index is 10.9. The van der Waals surface area contributed by atoms with Gasteiger partial charge in [-0.3, -0.25) is 9.69 Å². The molecule has 1 unspecified atom stereocenters. The smallest absolute Gasteiger partial charge is 0.310 e. The molecule has 4 nitrogen and oxygen atoms in total. The first-order chi connectivity index (χ1) is 6.11. The van der Waals surface area contributed by atoms with E-state index in [1.807, 2.05) is 7.05 Å². The van der Waals surface area contributed by atoms with Crippen molar-refractivity contribution in [2.45, 2.75) is 37.5 Å². The third-order valence-corrected chi connectivity index (χ3v) is 3.52. The van der Waals surface area contributed by atoms with Crippen molar-refractivity contribution in [3.8, 4) is 0 Å². The van der Waals surface area contributed by atoms with Crippen LogP contribution in [0.4, 0.5) is 0 Å². The van der Waals surface area contributed by atoms with Crippen molar-refractivity contribution >= 4 is 5.97 Å². The number of carbonyl (C=O) groups is 1. The second-order valence-electron chi connectivity index (χ2n) is 4.13. The Morgan fingerprint density at radius 2 is 2.15 bits per heavy atom. The molecule has 74 valence electrons. The van der Waals surface area contributed by atoms with Gasteiger partial charge < -0.3 is 10.2 Å². The lowest BCUT2D eigenvalue weighted by atomic mass is 9.88. The van der Waals surface area contributed by atoms with Crippen molar-refractivity contribution in [2.24, 2.45) is 5.92 Å². The van der Waals surface area contributed by atoms with E-state index < -0.39 is 18.0 Å². The summed E-state index contributed by atoms with van der Waals surface area (Å²) in [5.74, 6) is -1.44. The normalized spacial score (nSPS) is 45.1. The highest BCUT2D eigenvalue weighted by Gasteiger charge is 2.48. The SMILES string of the molecule is CN1C2CC[C@H]1[C@H](C(=O)O)[C@H](O)C2. The molecule has 0 aliphatic carbocycles. The number of nitrogens with zero attached hydrogens (tertiary/aromatic N) is 1. The molecule has 2 rings (SSSR count). The topological polar surface area (TPSA) is 60.8 Å². The summed E-state index contributed by atoms with van der Waals surface area (Å²) in [6, 6.07) is 0.446. The maximum absolute atomic E-state index is 10.9. The van der Waals surface area contributed by atoms with Gasteiger partial charge >= 0.3 is 5.97 Å². The number of fused-ring (bicyclic) bond motifs is 2. The summed E-state index contributed by atoms with van der Waals surface area (Å²) in [5.41, 5.74) is 0. The maximum Gasteiger partial charge on any atom is 0.310 e. The Morgan fingerprint density at radius 3 is 2.77 bits per heavy atom. The lowest BCUT2D eigenvalue weighted by Gasteiger charge is -2.38. The van der Waals surface area contributed by atoms with Gasteiger partial charge in [-0.05, 0) is 26.3 Å². The van der Waals surface area contributed by atoms with Crippen LogP contribution >= 0.6 is 0 Å². The monoisotopic (exact) mass is 185 g/mol. The number of rotatable bonds is 1. The molecule has 0 spiro atoms. The molecule has 2 saturated heterocycles. The van der Waals surface area contributed by atoms with Crippen molar-refractivity contribution in [1.82, 2.24) is 4.90 Å². The fourth-order valence-electron chi connectivity index (χ4n) is 2.77. The quantitative estimate of drug-likeness (QED) is 0.599. The standard InChI is InChI=1S/C9H15NO3/c1-10-5-2-3-6(10)8(9(12)13)7(11)4-5/h5-8,11H,2-4H2,1H3,(H,12,13)/t5?,6-,7+,8-/m0/s1. The second-order valence-corrected chi connectivity index (χ2v) is 4.13. The van der Waals surface area contributed by atoms with Crippen molar-refractivity contribution in [2.75, 3.05) is 7.05 Å². The molecule has 13 heavy (non-hydrogen) atoms. The summed E-state index contributed by atoms with van der Waals surface area (Å²) < 4.78 is 0. The summed E-state index contributed by atoms with van der Waals surface area (Å²) >= 11 is 0. The Morgan fingerprint density at radius 1 is 1.46 bits per heavy atom. The van der Waals surface area contributed by atoms with Crippen LogP contribution in [0.2, 0.25) is 0 Å². The average molecular weight is 185 g/mol. The molecule has 2 fully saturated rings. The lowest BCUT2D eigenvalue weighted by molar-refractivity contribution is -0.151. The van der Waals surface area contributed by atoms with E-state index in [9.17, 15) is 9.90 Å². The minimum atomic E-state index is -0.857. The minimum absolute atomic E-state index is 0.0475. The Hall–Kier alpha value is -0.610. The molecule has 0 radical (unpaired) electrons. The first kappa shape index (κ1) is 8.97. The molecule has 0 aromatic carbocycles. The molecule has 0 aromatic rings. The summed E-state index contributed by atoms with van der Waals surface area (Å²) in [7, 11) is 1.96. The van der Waals surface area contributed by atoms with E-state index >= 15 is 0 Å². The number of carboxylic acid groups (broad SMARTS) is 1. The van der Waals surface area contributed by atoms with Crippen LogP contribution < -0.4 is 0 Å². The highest BCUT2D eigenvalue weighted by atomic mass is 16.4. The van der Waals surface area contributed by atoms with Crippen molar-refractivity contribution < 1.29 is 15.0 Å². The number of hydrogen-bond acceptors (Lipinski definition) is 3. The van der Waals surface area contributed by atoms with E-state index in [1.165, 1.54) is 0 Å². The fraction of sp³-hybridized carbons (Fsp3) is 0.889. The van der Waals surface area contributed by atoms with Gasteiger partial charge in [0.15, 0.2) is 0 Å². The molecule has 2 aliphatic rings. The summed E-state index contributed by atoms with van der Waals surface area (Å²) in [5, 5.41) is 18.6. The van der Waals surface area contributed by atoms with Crippen LogP contribution in [0.5, 0.6) is 0 Å². The molecular formula is C9H15NO3. The first-order valence-corrected chi connectivity index (χ1v) is 4.74. The largest absolute Gasteiger partial charge is 0.481 e. The molecular weight excluding hydrogens is 170 g/mol. The average Bonchev–Trinajstić information content (AvgIpc) is 2.34. The zero-order chi connectivity index (χ0) is 9.59. The van der Waals surface area contributed by atoms with Crippen molar-refractivity contribution in [1.29, 1.82) is 0 Å². The predicted octanol–water partition coefficient (Wildman–Crippen LogP) is -0.0854. The van der Waals surface area contributed by atoms with Gasteiger partial charge in [0.2, 0.25) is 0 Å². The Balaban J connectivity index is 2.21. The molecule has 0 aromatic heterocycles. The highest BCUT2D eigenvalue weighted by molar-refractivity contribution is 5.72. The molecule has 2 heterocycles. The number of hydrogen-bond donors (Lipinski definition) is 2. The number of aliphatic hydroxyl groups excluding tert-OH is 1. The zero-order valence-corrected chi connectivity index (χ0v) is 7.68. The summed E-state index contributed by atoms with van der Waals surface area (Å²) in [6.07, 6.45) is 1.91. The van der Waals surface area contributed by atoms with E-state index in [4.69, 9.17) is 5.11 Å². The summed E-state index contributed by atoms with van der Waals surface area (Å²) in [6.45, 7) is 0. The van der Waals surface area contributed by atoms with Gasteiger partial charge in [-0.15, -0.1) is 0 Å². The fourth-order valence-corrected chi connectivity index (χ4v) is 2.77. The molecule has 4 heteroatoms. The van der Waals surface area contributed by atoms with Crippen LogP contribution in [0, 0.1) is 5.92 Å². The van der Waals surface area contributed by atoms with Crippen molar-refractivity contribution in [3.05, 3.63) is 0 Å². The lowest BCUT2D eigenvalue weighted by Crippen LogP contribution is -2.51. The molecule has 2 bridgehead atoms. The van der Waals surface area contributed by atoms with Gasteiger partial charge in [0.25, 0.3) is 0 Å². The van der Waals surface area contributed by atoms with Gasteiger partial charge in [0, 0.05) is 12.1 Å². The number of aliphatic carboxylic acids is 1. The Bertz CT molecular complexity index is 231. The van der Waals surface area contributed by atoms with E-state index in [0.29, 0.717) is 12.5 Å². The second kappa shape index (κ2) is 2.96. The first-order valence-electron chi connectivity index (χ1n) is 4.74. The van der Waals surface area contributed by atoms with Crippen molar-refractivity contribution in [3.63, 3.8) is 0 Å². The molecule has 0 saturated carbocycles. The third kappa shape index (κ3) is 1.25. The highest BCUT2D eigenvalue weighted by Crippen LogP contribution is 2.38. The van der Waals surface area contributed by atoms with Gasteiger partial charge in [-0.2, -0.15) is 0 Å². The van der Waals surface area contributed by atoms with Crippen LogP contribution in [0.3, 0.4) is 0 Å². The number of piperidine rings is 1. The van der Waals surface area contributed by atoms with Gasteiger partial charge in [0.05, 0.1) is 12.0 Å². The van der Waals surface area contributed by atoms with E-state index in [-0.39, 0.29) is 6.04 Å². The van der Waals surface area contributed by atoms with Gasteiger partial charge in [-0.1, -0.05) is 0 Å².